The Labute approximate surface area is 520 Å². The lowest BCUT2D eigenvalue weighted by Gasteiger charge is -2.28. The minimum absolute atomic E-state index is 0.0371. The fourth-order valence-electron chi connectivity index (χ4n) is 10.0. The molecule has 0 aliphatic rings. The normalized spacial score (nSPS) is 13.6. The van der Waals surface area contributed by atoms with Crippen molar-refractivity contribution in [3.63, 3.8) is 0 Å². The molecular weight excluding hydrogens is 1060 g/mol. The van der Waals surface area contributed by atoms with Crippen LogP contribution in [0.2, 0.25) is 0 Å². The Morgan fingerprint density at radius 1 is 0.381 bits per heavy atom. The lowest BCUT2D eigenvalue weighted by Crippen LogP contribution is -2.37. The summed E-state index contributed by atoms with van der Waals surface area (Å²) >= 11 is 0. The van der Waals surface area contributed by atoms with E-state index in [1.54, 1.807) is 0 Å². The molecule has 9 nitrogen and oxygen atoms in total. The molecule has 0 bridgehead atoms. The highest BCUT2D eigenvalue weighted by Gasteiger charge is 2.22. The second-order valence-electron chi connectivity index (χ2n) is 24.9. The minimum Gasteiger partial charge on any atom is -0.756 e. The first kappa shape index (κ1) is 81.2. The highest BCUT2D eigenvalue weighted by molar-refractivity contribution is 7.45. The number of carbonyl (C=O) groups excluding carboxylic acids is 2. The number of unbranched alkanes of at least 4 members (excludes halogenated alkanes) is 37. The number of phosphoric ester groups is 1. The van der Waals surface area contributed by atoms with Crippen molar-refractivity contribution in [1.29, 1.82) is 0 Å². The molecule has 0 heterocycles. The summed E-state index contributed by atoms with van der Waals surface area (Å²) in [6, 6.07) is 0. The Bertz CT molecular complexity index is 1690. The molecule has 0 amide bonds. The molecule has 2 atom stereocenters. The molecule has 0 aromatic carbocycles. The first-order valence-corrected chi connectivity index (χ1v) is 36.8. The van der Waals surface area contributed by atoms with E-state index in [2.05, 4.69) is 98.9 Å². The van der Waals surface area contributed by atoms with Gasteiger partial charge < -0.3 is 27.9 Å². The van der Waals surface area contributed by atoms with Gasteiger partial charge in [0.2, 0.25) is 0 Å². The van der Waals surface area contributed by atoms with Crippen LogP contribution in [-0.4, -0.2) is 70.0 Å². The maximum Gasteiger partial charge on any atom is 0.306 e. The zero-order valence-electron chi connectivity index (χ0n) is 55.6. The number of quaternary nitrogens is 1. The molecule has 2 unspecified atom stereocenters. The molecule has 0 aliphatic heterocycles. The first-order valence-electron chi connectivity index (χ1n) is 35.3. The van der Waals surface area contributed by atoms with Crippen molar-refractivity contribution in [2.45, 2.75) is 328 Å². The van der Waals surface area contributed by atoms with Gasteiger partial charge in [-0.3, -0.25) is 14.2 Å². The van der Waals surface area contributed by atoms with Crippen LogP contribution in [0.3, 0.4) is 0 Å². The predicted molar refractivity (Wildman–Crippen MR) is 360 cm³/mol. The zero-order chi connectivity index (χ0) is 61.2. The number of hydrogen-bond acceptors (Lipinski definition) is 8. The highest BCUT2D eigenvalue weighted by Crippen LogP contribution is 2.38. The number of rotatable bonds is 65. The van der Waals surface area contributed by atoms with Crippen LogP contribution >= 0.6 is 7.82 Å². The van der Waals surface area contributed by atoms with Gasteiger partial charge in [-0.15, -0.1) is 0 Å². The van der Waals surface area contributed by atoms with Crippen LogP contribution in [0.4, 0.5) is 0 Å². The van der Waals surface area contributed by atoms with Crippen molar-refractivity contribution in [3.8, 4) is 0 Å². The topological polar surface area (TPSA) is 111 Å². The molecule has 0 radical (unpaired) electrons. The Hall–Kier alpha value is -2.81. The number of ether oxygens (including phenoxy) is 2. The fraction of sp³-hybridized carbons (Fsp3) is 0.784. The minimum atomic E-state index is -4.65. The number of carbonyl (C=O) groups is 2. The highest BCUT2D eigenvalue weighted by atomic mass is 31.2. The molecular formula is C74H134NO8P. The van der Waals surface area contributed by atoms with Gasteiger partial charge in [0.25, 0.3) is 7.82 Å². The third kappa shape index (κ3) is 68.3. The molecule has 0 saturated carbocycles. The van der Waals surface area contributed by atoms with Crippen LogP contribution in [0.15, 0.2) is 85.1 Å². The van der Waals surface area contributed by atoms with Gasteiger partial charge in [-0.05, 0) is 89.9 Å². The van der Waals surface area contributed by atoms with Crippen molar-refractivity contribution in [2.75, 3.05) is 47.5 Å². The van der Waals surface area contributed by atoms with Crippen molar-refractivity contribution in [3.05, 3.63) is 85.1 Å². The molecule has 0 saturated heterocycles. The molecule has 0 aromatic heterocycles. The summed E-state index contributed by atoms with van der Waals surface area (Å²) in [5, 5.41) is 0. The van der Waals surface area contributed by atoms with E-state index in [0.29, 0.717) is 17.4 Å². The summed E-state index contributed by atoms with van der Waals surface area (Å²) in [4.78, 5) is 38.0. The number of hydrogen-bond donors (Lipinski definition) is 0. The van der Waals surface area contributed by atoms with Crippen LogP contribution in [0.5, 0.6) is 0 Å². The van der Waals surface area contributed by atoms with Crippen molar-refractivity contribution < 1.29 is 42.1 Å². The Balaban J connectivity index is 3.94. The Kier molecular flexibility index (Phi) is 62.5. The molecule has 0 spiro atoms. The van der Waals surface area contributed by atoms with Gasteiger partial charge in [-0.25, -0.2) is 0 Å². The van der Waals surface area contributed by atoms with Crippen LogP contribution in [0.25, 0.3) is 0 Å². The van der Waals surface area contributed by atoms with Crippen molar-refractivity contribution in [1.82, 2.24) is 0 Å². The lowest BCUT2D eigenvalue weighted by atomic mass is 10.0. The van der Waals surface area contributed by atoms with E-state index in [1.807, 2.05) is 21.1 Å². The molecule has 0 aliphatic carbocycles. The van der Waals surface area contributed by atoms with Crippen LogP contribution in [0.1, 0.15) is 322 Å². The van der Waals surface area contributed by atoms with Gasteiger partial charge >= 0.3 is 11.9 Å². The molecule has 0 N–H and O–H groups in total. The smallest absolute Gasteiger partial charge is 0.306 e. The van der Waals surface area contributed by atoms with Crippen molar-refractivity contribution in [2.24, 2.45) is 0 Å². The molecule has 488 valence electrons. The van der Waals surface area contributed by atoms with E-state index in [4.69, 9.17) is 18.5 Å². The fourth-order valence-corrected chi connectivity index (χ4v) is 10.7. The van der Waals surface area contributed by atoms with E-state index in [0.717, 1.165) is 89.9 Å². The monoisotopic (exact) mass is 1200 g/mol. The quantitative estimate of drug-likeness (QED) is 0.0195. The SMILES string of the molecule is CC/C=C\C/C=C\C/C=C\C/C=C\C/C=C\CCCCCCCC(=O)OC(COC(=O)CCCCCCCCCCCCCCCCCCCCCCCCCCCCC/C=C\C/C=C\CCCCCCC)COP(=O)([O-])OCC[N+](C)(C)C. The lowest BCUT2D eigenvalue weighted by molar-refractivity contribution is -0.870. The number of nitrogens with zero attached hydrogens (tertiary/aromatic N) is 1. The molecule has 10 heteroatoms. The molecule has 0 rings (SSSR count). The second-order valence-corrected chi connectivity index (χ2v) is 26.3. The third-order valence-corrected chi connectivity index (χ3v) is 16.4. The van der Waals surface area contributed by atoms with Crippen LogP contribution in [0, 0.1) is 0 Å². The summed E-state index contributed by atoms with van der Waals surface area (Å²) in [6.45, 7) is 4.12. The second kappa shape index (κ2) is 64.7. The van der Waals surface area contributed by atoms with Gasteiger partial charge in [-0.2, -0.15) is 0 Å². The number of esters is 2. The van der Waals surface area contributed by atoms with Crippen molar-refractivity contribution >= 4 is 19.8 Å². The van der Waals surface area contributed by atoms with Gasteiger partial charge in [0.1, 0.15) is 19.8 Å². The molecule has 0 aromatic rings. The van der Waals surface area contributed by atoms with Gasteiger partial charge in [0.15, 0.2) is 6.10 Å². The number of allylic oxidation sites excluding steroid dienone is 14. The summed E-state index contributed by atoms with van der Waals surface area (Å²) in [6.07, 6.45) is 88.3. The number of likely N-dealkylation sites (N-methyl/N-ethyl adjacent to an activating group) is 1. The summed E-state index contributed by atoms with van der Waals surface area (Å²) in [5.74, 6) is -0.847. The average molecular weight is 1200 g/mol. The Morgan fingerprint density at radius 2 is 0.679 bits per heavy atom. The summed E-state index contributed by atoms with van der Waals surface area (Å²) < 4.78 is 34.2. The molecule has 0 fully saturated rings. The van der Waals surface area contributed by atoms with E-state index < -0.39 is 26.5 Å². The van der Waals surface area contributed by atoms with Gasteiger partial charge in [0, 0.05) is 12.8 Å². The average Bonchev–Trinajstić information content (AvgIpc) is 3.61. The van der Waals surface area contributed by atoms with E-state index in [-0.39, 0.29) is 32.0 Å². The van der Waals surface area contributed by atoms with E-state index in [9.17, 15) is 19.0 Å². The van der Waals surface area contributed by atoms with Gasteiger partial charge in [0.05, 0.1) is 27.7 Å². The number of phosphoric acid groups is 1. The molecule has 84 heavy (non-hydrogen) atoms. The Morgan fingerprint density at radius 3 is 1.01 bits per heavy atom. The maximum absolute atomic E-state index is 12.8. The standard InChI is InChI=1S/C74H134NO8P/c1-6-8-10-12-14-16-18-20-22-24-26-28-29-30-31-32-33-34-35-36-37-38-39-40-41-42-43-44-45-47-48-50-52-54-56-58-60-62-64-66-73(76)80-70-72(71-82-84(78,79)81-69-68-75(3,4)5)83-74(77)67-65-63-61-59-57-55-53-51-49-46-27-25-23-21-19-17-15-13-11-9-7-2/h9,11,15,17-18,20-21,23-24,26-27,46,51,53,72H,6-8,10,12-14,16,19,22,25,28-45,47-50,52,54-71H2,1-5H3/b11-9-,17-15-,20-18-,23-21-,26-24-,46-27-,53-51-. The van der Waals surface area contributed by atoms with E-state index >= 15 is 0 Å². The zero-order valence-corrected chi connectivity index (χ0v) is 56.5. The predicted octanol–water partition coefficient (Wildman–Crippen LogP) is 22.3. The van der Waals surface area contributed by atoms with E-state index in [1.165, 1.54) is 199 Å². The van der Waals surface area contributed by atoms with Gasteiger partial charge in [-0.1, -0.05) is 304 Å². The summed E-state index contributed by atoms with van der Waals surface area (Å²) in [5.41, 5.74) is 0. The third-order valence-electron chi connectivity index (χ3n) is 15.4. The van der Waals surface area contributed by atoms with Crippen LogP contribution in [-0.2, 0) is 32.7 Å². The largest absolute Gasteiger partial charge is 0.756 e. The maximum atomic E-state index is 12.8. The summed E-state index contributed by atoms with van der Waals surface area (Å²) in [7, 11) is 1.15. The van der Waals surface area contributed by atoms with Crippen LogP contribution < -0.4 is 4.89 Å². The first-order chi connectivity index (χ1) is 41.0.